The van der Waals surface area contributed by atoms with Gasteiger partial charge in [0.1, 0.15) is 0 Å². The first kappa shape index (κ1) is 26.4. The molecule has 1 aromatic carbocycles. The fourth-order valence-corrected chi connectivity index (χ4v) is 4.81. The van der Waals surface area contributed by atoms with E-state index in [1.807, 2.05) is 36.9 Å². The first-order chi connectivity index (χ1) is 16.9. The fraction of sp³-hybridized carbons (Fsp3) is 0.360. The normalized spacial score (nSPS) is 12.7. The molecule has 0 radical (unpaired) electrons. The summed E-state index contributed by atoms with van der Waals surface area (Å²) in [5.41, 5.74) is 8.21. The largest absolute Gasteiger partial charge is 0.345 e. The molecule has 4 aromatic rings. The quantitative estimate of drug-likeness (QED) is 0.398. The minimum Gasteiger partial charge on any atom is -0.345 e. The zero-order chi connectivity index (χ0) is 25.5. The van der Waals surface area contributed by atoms with Gasteiger partial charge < -0.3 is 15.2 Å². The van der Waals surface area contributed by atoms with Crippen LogP contribution in [0.3, 0.4) is 0 Å². The minimum atomic E-state index is -0.284. The lowest BCUT2D eigenvalue weighted by atomic mass is 10.3. The number of anilines is 1. The van der Waals surface area contributed by atoms with Gasteiger partial charge in [0, 0.05) is 41.0 Å². The number of carbonyl (C=O) groups excluding carboxylic acids is 1. The Labute approximate surface area is 209 Å². The highest BCUT2D eigenvalue weighted by molar-refractivity contribution is 7.99. The van der Waals surface area contributed by atoms with Gasteiger partial charge in [0.15, 0.2) is 12.1 Å². The number of rotatable bonds is 4. The Hall–Kier alpha value is -3.24. The summed E-state index contributed by atoms with van der Waals surface area (Å²) in [6.45, 7) is 7.37. The summed E-state index contributed by atoms with van der Waals surface area (Å²) >= 11 is 1.66. The second-order valence-electron chi connectivity index (χ2n) is 8.12. The molecule has 0 saturated carbocycles. The van der Waals surface area contributed by atoms with Crippen molar-refractivity contribution in [3.63, 3.8) is 0 Å². The summed E-state index contributed by atoms with van der Waals surface area (Å²) in [5, 5.41) is 8.04. The molecule has 0 aliphatic carbocycles. The van der Waals surface area contributed by atoms with E-state index in [1.54, 1.807) is 25.6 Å². The van der Waals surface area contributed by atoms with Crippen molar-refractivity contribution in [2.45, 2.75) is 43.4 Å². The number of halogens is 1. The van der Waals surface area contributed by atoms with Gasteiger partial charge in [0.25, 0.3) is 0 Å². The molecule has 1 aliphatic heterocycles. The van der Waals surface area contributed by atoms with E-state index in [-0.39, 0.29) is 5.82 Å². The van der Waals surface area contributed by atoms with E-state index in [1.165, 1.54) is 19.9 Å². The third kappa shape index (κ3) is 6.07. The van der Waals surface area contributed by atoms with Gasteiger partial charge in [-0.25, -0.2) is 14.4 Å². The summed E-state index contributed by atoms with van der Waals surface area (Å²) in [6, 6.07) is 8.09. The van der Waals surface area contributed by atoms with Crippen LogP contribution in [0.15, 0.2) is 40.3 Å². The molecular weight excluding hydrogens is 465 g/mol. The predicted molar refractivity (Wildman–Crippen MR) is 139 cm³/mol. The third-order valence-electron chi connectivity index (χ3n) is 5.85. The highest BCUT2D eigenvalue weighted by Crippen LogP contribution is 2.33. The molecule has 0 bridgehead atoms. The van der Waals surface area contributed by atoms with Crippen molar-refractivity contribution < 1.29 is 9.18 Å². The summed E-state index contributed by atoms with van der Waals surface area (Å²) in [4.78, 5) is 23.6. The maximum Gasteiger partial charge on any atom is 0.225 e. The maximum absolute atomic E-state index is 13.3. The van der Waals surface area contributed by atoms with Crippen molar-refractivity contribution in [2.24, 2.45) is 12.8 Å². The molecule has 3 aromatic heterocycles. The number of aromatic amines is 1. The van der Waals surface area contributed by atoms with Crippen LogP contribution >= 0.6 is 11.8 Å². The van der Waals surface area contributed by atoms with Crippen LogP contribution in [0.4, 0.5) is 10.3 Å². The molecule has 3 N–H and O–H groups in total. The Morgan fingerprint density at radius 1 is 1.09 bits per heavy atom. The number of aromatic nitrogens is 5. The summed E-state index contributed by atoms with van der Waals surface area (Å²) in [5.74, 6) is 0.395. The average Bonchev–Trinajstić information content (AvgIpc) is 3.62. The van der Waals surface area contributed by atoms with Gasteiger partial charge in [-0.1, -0.05) is 11.8 Å². The number of hydrogen-bond donors (Lipinski definition) is 2. The molecule has 0 atom stereocenters. The fourth-order valence-electron chi connectivity index (χ4n) is 3.77. The van der Waals surface area contributed by atoms with Gasteiger partial charge >= 0.3 is 0 Å². The highest BCUT2D eigenvalue weighted by atomic mass is 32.2. The van der Waals surface area contributed by atoms with Gasteiger partial charge in [-0.2, -0.15) is 5.10 Å². The molecule has 8 nitrogen and oxygen atoms in total. The monoisotopic (exact) mass is 497 g/mol. The van der Waals surface area contributed by atoms with Crippen LogP contribution in [0.2, 0.25) is 0 Å². The van der Waals surface area contributed by atoms with Crippen molar-refractivity contribution in [2.75, 3.05) is 25.0 Å². The molecule has 186 valence electrons. The minimum absolute atomic E-state index is 0.284. The van der Waals surface area contributed by atoms with E-state index in [2.05, 4.69) is 42.9 Å². The van der Waals surface area contributed by atoms with Crippen molar-refractivity contribution in [3.8, 4) is 0 Å². The van der Waals surface area contributed by atoms with E-state index in [9.17, 15) is 9.18 Å². The molecule has 0 spiro atoms. The lowest BCUT2D eigenvalue weighted by Gasteiger charge is -2.16. The molecule has 0 unspecified atom stereocenters. The van der Waals surface area contributed by atoms with Crippen LogP contribution in [0.5, 0.6) is 0 Å². The number of carbonyl (C=O) groups is 1. The number of H-pyrrole nitrogens is 1. The summed E-state index contributed by atoms with van der Waals surface area (Å²) in [7, 11) is 3.41. The van der Waals surface area contributed by atoms with E-state index in [4.69, 9.17) is 0 Å². The molecule has 10 heteroatoms. The molecule has 0 amide bonds. The number of fused-ring (bicyclic) bond motifs is 1. The van der Waals surface area contributed by atoms with E-state index >= 15 is 0 Å². The average molecular weight is 498 g/mol. The van der Waals surface area contributed by atoms with E-state index < -0.39 is 0 Å². The highest BCUT2D eigenvalue weighted by Gasteiger charge is 2.17. The van der Waals surface area contributed by atoms with Crippen LogP contribution in [-0.4, -0.2) is 51.2 Å². The zero-order valence-corrected chi connectivity index (χ0v) is 21.6. The molecule has 1 aliphatic rings. The second-order valence-corrected chi connectivity index (χ2v) is 9.23. The van der Waals surface area contributed by atoms with Gasteiger partial charge in [-0.05, 0) is 64.9 Å². The van der Waals surface area contributed by atoms with Crippen LogP contribution in [0.1, 0.15) is 40.4 Å². The Balaban J connectivity index is 0.000000190. The van der Waals surface area contributed by atoms with E-state index in [0.717, 1.165) is 45.8 Å². The van der Waals surface area contributed by atoms with E-state index in [0.29, 0.717) is 23.0 Å². The molecule has 1 fully saturated rings. The number of nitrogens with zero attached hydrogens (tertiary/aromatic N) is 5. The maximum atomic E-state index is 13.3. The molecule has 1 saturated heterocycles. The Morgan fingerprint density at radius 3 is 2.34 bits per heavy atom. The molecular formula is C25H32FN7OS. The Morgan fingerprint density at radius 2 is 1.74 bits per heavy atom. The Bertz CT molecular complexity index is 1270. The molecule has 35 heavy (non-hydrogen) atoms. The van der Waals surface area contributed by atoms with Gasteiger partial charge in [0.2, 0.25) is 5.95 Å². The lowest BCUT2D eigenvalue weighted by molar-refractivity contribution is 0.111. The predicted octanol–water partition coefficient (Wildman–Crippen LogP) is 4.58. The number of nitrogens with one attached hydrogen (secondary N) is 1. The number of aryl methyl sites for hydroxylation is 2. The SMILES string of the molecule is CN.Cc1c(Sc2ccc3[nH]ncc3c2)cc(C=O)n1C.Cc1nc(N2CCCC2)nc(C)c1F. The topological polar surface area (TPSA) is 106 Å². The first-order valence-corrected chi connectivity index (χ1v) is 12.2. The number of nitrogens with two attached hydrogens (primary N) is 1. The van der Waals surface area contributed by atoms with Crippen LogP contribution in [0.25, 0.3) is 10.9 Å². The number of hydrogen-bond acceptors (Lipinski definition) is 7. The van der Waals surface area contributed by atoms with Gasteiger partial charge in [-0.15, -0.1) is 0 Å². The first-order valence-electron chi connectivity index (χ1n) is 11.4. The standard InChI is InChI=1S/C14H13N3OS.C10H14FN3.CH5N/c1-9-14(6-11(8-18)17(9)2)19-12-3-4-13-10(5-12)7-15-16-13;1-7-9(11)8(2)13-10(12-7)14-5-3-4-6-14;1-2/h3-8H,1-2H3,(H,15,16);3-6H2,1-2H3;2H2,1H3. The van der Waals surface area contributed by atoms with Gasteiger partial charge in [0.05, 0.1) is 28.8 Å². The smallest absolute Gasteiger partial charge is 0.225 e. The second kappa shape index (κ2) is 11.9. The Kier molecular flexibility index (Phi) is 9.00. The van der Waals surface area contributed by atoms with Gasteiger partial charge in [-0.3, -0.25) is 9.89 Å². The van der Waals surface area contributed by atoms with Crippen molar-refractivity contribution in [1.82, 2.24) is 24.7 Å². The molecule has 5 rings (SSSR count). The third-order valence-corrected chi connectivity index (χ3v) is 6.97. The zero-order valence-electron chi connectivity index (χ0n) is 20.8. The number of benzene rings is 1. The van der Waals surface area contributed by atoms with Crippen molar-refractivity contribution >= 4 is 34.9 Å². The van der Waals surface area contributed by atoms with Crippen LogP contribution < -0.4 is 10.6 Å². The summed E-state index contributed by atoms with van der Waals surface area (Å²) < 4.78 is 15.2. The van der Waals surface area contributed by atoms with Crippen LogP contribution in [-0.2, 0) is 7.05 Å². The lowest BCUT2D eigenvalue weighted by Crippen LogP contribution is -2.21. The van der Waals surface area contributed by atoms with Crippen molar-refractivity contribution in [1.29, 1.82) is 0 Å². The van der Waals surface area contributed by atoms with Crippen LogP contribution in [0, 0.1) is 26.6 Å². The van der Waals surface area contributed by atoms with Crippen molar-refractivity contribution in [3.05, 3.63) is 59.1 Å². The summed E-state index contributed by atoms with van der Waals surface area (Å²) in [6.07, 6.45) is 5.06. The molecule has 4 heterocycles. The number of aldehydes is 1.